The molecule has 0 aliphatic carbocycles. The molecular weight excluding hydrogens is 806 g/mol. The fraction of sp³-hybridized carbons (Fsp3) is 0.580. The van der Waals surface area contributed by atoms with E-state index in [4.69, 9.17) is 24.8 Å². The number of unbranched alkanes of at least 4 members (excludes halogenated alkanes) is 9. The Hall–Kier alpha value is -3.86. The Balaban J connectivity index is 4.49. The molecule has 11 nitrogen and oxygen atoms in total. The van der Waals surface area contributed by atoms with E-state index in [0.29, 0.717) is 12.8 Å². The number of esters is 2. The SMILES string of the molecule is CC/C=C/C/C=C/C/C=C/C/C=C/C/C=C/CCCCCC(=O)O[C@H](COC(=O)CCCCC/C=C/C/C=C/C/C=C/C/C=C/CCCCC)COP(=O)(O)OC[C@H](N)C(=O)O. The second-order valence-corrected chi connectivity index (χ2v) is 16.2. The van der Waals surface area contributed by atoms with Gasteiger partial charge >= 0.3 is 25.7 Å². The molecule has 4 N–H and O–H groups in total. The lowest BCUT2D eigenvalue weighted by molar-refractivity contribution is -0.161. The van der Waals surface area contributed by atoms with Crippen LogP contribution in [0.5, 0.6) is 0 Å². The lowest BCUT2D eigenvalue weighted by Gasteiger charge is -2.20. The van der Waals surface area contributed by atoms with Crippen molar-refractivity contribution < 1.29 is 47.5 Å². The second-order valence-electron chi connectivity index (χ2n) is 14.8. The Morgan fingerprint density at radius 2 is 0.903 bits per heavy atom. The number of phosphoric acid groups is 1. The third kappa shape index (κ3) is 42.8. The fourth-order valence-electron chi connectivity index (χ4n) is 5.43. The summed E-state index contributed by atoms with van der Waals surface area (Å²) in [6, 6.07) is -1.54. The molecule has 0 saturated heterocycles. The highest BCUT2D eigenvalue weighted by Gasteiger charge is 2.28. The summed E-state index contributed by atoms with van der Waals surface area (Å²) < 4.78 is 32.7. The Labute approximate surface area is 374 Å². The van der Waals surface area contributed by atoms with E-state index in [1.165, 1.54) is 25.7 Å². The highest BCUT2D eigenvalue weighted by molar-refractivity contribution is 7.47. The zero-order valence-electron chi connectivity index (χ0n) is 37.9. The minimum absolute atomic E-state index is 0.107. The van der Waals surface area contributed by atoms with Gasteiger partial charge in [0.1, 0.15) is 12.6 Å². The number of hydrogen-bond donors (Lipinski definition) is 3. The number of carboxylic acids is 1. The van der Waals surface area contributed by atoms with Crippen molar-refractivity contribution in [3.05, 3.63) is 109 Å². The first kappa shape index (κ1) is 58.1. The van der Waals surface area contributed by atoms with Crippen LogP contribution in [0.25, 0.3) is 0 Å². The molecule has 0 saturated carbocycles. The molecular formula is C50H80NO10P. The summed E-state index contributed by atoms with van der Waals surface area (Å²) in [6.45, 7) is 2.58. The van der Waals surface area contributed by atoms with Gasteiger partial charge in [0.15, 0.2) is 6.10 Å². The van der Waals surface area contributed by atoms with Crippen molar-refractivity contribution in [1.82, 2.24) is 0 Å². The summed E-state index contributed by atoms with van der Waals surface area (Å²) in [6.07, 6.45) is 57.2. The maximum atomic E-state index is 12.6. The molecule has 0 radical (unpaired) electrons. The van der Waals surface area contributed by atoms with Gasteiger partial charge in [-0.05, 0) is 103 Å². The number of nitrogens with two attached hydrogens (primary N) is 1. The van der Waals surface area contributed by atoms with Crippen molar-refractivity contribution in [2.75, 3.05) is 19.8 Å². The van der Waals surface area contributed by atoms with E-state index >= 15 is 0 Å². The van der Waals surface area contributed by atoms with Crippen LogP contribution in [0, 0.1) is 0 Å². The van der Waals surface area contributed by atoms with E-state index in [-0.39, 0.29) is 19.4 Å². The number of rotatable bonds is 41. The second kappa shape index (κ2) is 43.8. The van der Waals surface area contributed by atoms with Crippen molar-refractivity contribution in [2.45, 2.75) is 167 Å². The first-order valence-corrected chi connectivity index (χ1v) is 24.4. The molecule has 0 aliphatic heterocycles. The zero-order chi connectivity index (χ0) is 45.6. The molecule has 0 aromatic heterocycles. The summed E-state index contributed by atoms with van der Waals surface area (Å²) in [5.74, 6) is -2.48. The molecule has 350 valence electrons. The predicted octanol–water partition coefficient (Wildman–Crippen LogP) is 12.6. The van der Waals surface area contributed by atoms with Crippen LogP contribution in [-0.2, 0) is 37.5 Å². The highest BCUT2D eigenvalue weighted by Crippen LogP contribution is 2.43. The van der Waals surface area contributed by atoms with E-state index in [9.17, 15) is 23.8 Å². The topological polar surface area (TPSA) is 172 Å². The van der Waals surface area contributed by atoms with Crippen LogP contribution >= 0.6 is 7.82 Å². The number of carboxylic acid groups (broad SMARTS) is 1. The van der Waals surface area contributed by atoms with Crippen LogP contribution in [0.4, 0.5) is 0 Å². The molecule has 0 amide bonds. The highest BCUT2D eigenvalue weighted by atomic mass is 31.2. The van der Waals surface area contributed by atoms with Gasteiger partial charge in [-0.25, -0.2) is 4.57 Å². The third-order valence-corrected chi connectivity index (χ3v) is 9.96. The molecule has 0 spiro atoms. The van der Waals surface area contributed by atoms with Gasteiger partial charge in [-0.1, -0.05) is 149 Å². The molecule has 0 fully saturated rings. The van der Waals surface area contributed by atoms with Gasteiger partial charge in [0.25, 0.3) is 0 Å². The van der Waals surface area contributed by atoms with Crippen LogP contribution in [0.2, 0.25) is 0 Å². The Bertz CT molecular complexity index is 1460. The number of ether oxygens (including phenoxy) is 2. The molecule has 0 aromatic carbocycles. The summed E-state index contributed by atoms with van der Waals surface area (Å²) in [5.41, 5.74) is 5.33. The number of carbonyl (C=O) groups excluding carboxylic acids is 2. The van der Waals surface area contributed by atoms with Gasteiger partial charge < -0.3 is 25.2 Å². The predicted molar refractivity (Wildman–Crippen MR) is 253 cm³/mol. The third-order valence-electron chi connectivity index (χ3n) is 9.00. The molecule has 0 aromatic rings. The number of hydrogen-bond acceptors (Lipinski definition) is 9. The Kier molecular flexibility index (Phi) is 41.0. The van der Waals surface area contributed by atoms with Crippen LogP contribution in [0.3, 0.4) is 0 Å². The number of allylic oxidation sites excluding steroid dienone is 18. The standard InChI is InChI=1S/C50H80NO10P/c1-3-5-7-9-11-13-15-17-19-21-23-25-27-29-31-33-35-37-39-41-48(52)58-43-46(44-59-62(56,57)60-45-47(51)50(54)55)61-49(53)42-40-38-36-34-32-30-28-26-24-22-20-18-16-14-12-10-8-6-4-2/h6,8,11-14,17-20,23-26,29-32,46-47H,3-5,7,9-10,15-16,21-22,27-28,33-45,51H2,1-2H3,(H,54,55)(H,56,57)/b8-6+,13-11+,14-12+,19-17+,20-18+,25-23+,26-24+,31-29+,32-30+/t46-,47+/m1/s1. The van der Waals surface area contributed by atoms with Crippen molar-refractivity contribution >= 4 is 25.7 Å². The average molecular weight is 886 g/mol. The normalized spacial score (nSPS) is 14.6. The molecule has 1 unspecified atom stereocenters. The molecule has 0 rings (SSSR count). The number of carbonyl (C=O) groups is 3. The molecule has 0 aliphatic rings. The first-order valence-electron chi connectivity index (χ1n) is 22.9. The van der Waals surface area contributed by atoms with Gasteiger partial charge in [0.2, 0.25) is 0 Å². The van der Waals surface area contributed by atoms with Crippen LogP contribution < -0.4 is 5.73 Å². The lowest BCUT2D eigenvalue weighted by Crippen LogP contribution is -2.34. The Morgan fingerprint density at radius 3 is 1.32 bits per heavy atom. The van der Waals surface area contributed by atoms with E-state index in [1.807, 2.05) is 0 Å². The molecule has 3 atom stereocenters. The summed E-state index contributed by atoms with van der Waals surface area (Å²) in [7, 11) is -4.74. The van der Waals surface area contributed by atoms with Crippen LogP contribution in [0.15, 0.2) is 109 Å². The van der Waals surface area contributed by atoms with Crippen LogP contribution in [0.1, 0.15) is 155 Å². The minimum atomic E-state index is -4.74. The average Bonchev–Trinajstić information content (AvgIpc) is 3.25. The molecule has 0 heterocycles. The quantitative estimate of drug-likeness (QED) is 0.0231. The van der Waals surface area contributed by atoms with Crippen molar-refractivity contribution in [2.24, 2.45) is 5.73 Å². The summed E-state index contributed by atoms with van der Waals surface area (Å²) in [5, 5.41) is 8.90. The van der Waals surface area contributed by atoms with Gasteiger partial charge in [-0.2, -0.15) is 0 Å². The smallest absolute Gasteiger partial charge is 0.472 e. The number of phosphoric ester groups is 1. The maximum Gasteiger partial charge on any atom is 0.472 e. The van der Waals surface area contributed by atoms with E-state index in [1.54, 1.807) is 0 Å². The van der Waals surface area contributed by atoms with Crippen molar-refractivity contribution in [3.8, 4) is 0 Å². The monoisotopic (exact) mass is 886 g/mol. The van der Waals surface area contributed by atoms with Gasteiger partial charge in [0, 0.05) is 12.8 Å². The molecule has 62 heavy (non-hydrogen) atoms. The largest absolute Gasteiger partial charge is 0.480 e. The maximum absolute atomic E-state index is 12.6. The lowest BCUT2D eigenvalue weighted by atomic mass is 10.1. The first-order chi connectivity index (χ1) is 30.1. The summed E-state index contributed by atoms with van der Waals surface area (Å²) >= 11 is 0. The number of aliphatic carboxylic acids is 1. The van der Waals surface area contributed by atoms with Crippen molar-refractivity contribution in [1.29, 1.82) is 0 Å². The van der Waals surface area contributed by atoms with E-state index in [2.05, 4.69) is 128 Å². The Morgan fingerprint density at radius 1 is 0.516 bits per heavy atom. The minimum Gasteiger partial charge on any atom is -0.480 e. The zero-order valence-corrected chi connectivity index (χ0v) is 38.8. The van der Waals surface area contributed by atoms with E-state index < -0.39 is 51.1 Å². The van der Waals surface area contributed by atoms with Gasteiger partial charge in [0.05, 0.1) is 13.2 Å². The van der Waals surface area contributed by atoms with E-state index in [0.717, 1.165) is 89.9 Å². The summed E-state index contributed by atoms with van der Waals surface area (Å²) in [4.78, 5) is 46.0. The van der Waals surface area contributed by atoms with Gasteiger partial charge in [-0.3, -0.25) is 23.4 Å². The van der Waals surface area contributed by atoms with Gasteiger partial charge in [-0.15, -0.1) is 0 Å². The molecule has 12 heteroatoms. The van der Waals surface area contributed by atoms with Crippen LogP contribution in [-0.4, -0.2) is 59.9 Å². The molecule has 0 bridgehead atoms. The fourth-order valence-corrected chi connectivity index (χ4v) is 6.20. The van der Waals surface area contributed by atoms with Crippen molar-refractivity contribution in [3.63, 3.8) is 0 Å².